The van der Waals surface area contributed by atoms with Crippen molar-refractivity contribution in [3.8, 4) is 11.8 Å². The van der Waals surface area contributed by atoms with Gasteiger partial charge in [0, 0.05) is 19.9 Å². The summed E-state index contributed by atoms with van der Waals surface area (Å²) in [5.74, 6) is 6.60. The van der Waals surface area contributed by atoms with Crippen molar-refractivity contribution in [2.24, 2.45) is 0 Å². The fourth-order valence-electron chi connectivity index (χ4n) is 2.35. The minimum absolute atomic E-state index is 0.151. The maximum Gasteiger partial charge on any atom is 0.219 e. The van der Waals surface area contributed by atoms with E-state index in [1.165, 1.54) is 51.4 Å². The van der Waals surface area contributed by atoms with Crippen molar-refractivity contribution in [1.82, 2.24) is 5.32 Å². The van der Waals surface area contributed by atoms with Gasteiger partial charge in [0.25, 0.3) is 0 Å². The fourth-order valence-corrected chi connectivity index (χ4v) is 2.35. The zero-order valence-electron chi connectivity index (χ0n) is 14.8. The number of hydrogen-bond donors (Lipinski definition) is 1. The van der Waals surface area contributed by atoms with Crippen LogP contribution in [0.25, 0.3) is 0 Å². The zero-order chi connectivity index (χ0) is 16.5. The van der Waals surface area contributed by atoms with Crippen molar-refractivity contribution in [2.45, 2.75) is 90.4 Å². The van der Waals surface area contributed by atoms with E-state index in [1.54, 1.807) is 7.05 Å². The summed E-state index contributed by atoms with van der Waals surface area (Å²) in [4.78, 5) is 11.1. The number of nitrogens with one attached hydrogen (secondary N) is 1. The molecular weight excluding hydrogens is 270 g/mol. The number of allylic oxidation sites excluding steroid dienone is 1. The molecule has 2 nitrogen and oxygen atoms in total. The molecule has 22 heavy (non-hydrogen) atoms. The van der Waals surface area contributed by atoms with Crippen molar-refractivity contribution in [2.75, 3.05) is 7.05 Å². The number of hydrogen-bond acceptors (Lipinski definition) is 1. The Labute approximate surface area is 138 Å². The van der Waals surface area contributed by atoms with E-state index < -0.39 is 0 Å². The normalized spacial score (nSPS) is 9.91. The molecule has 0 aliphatic carbocycles. The molecule has 0 radical (unpaired) electrons. The summed E-state index contributed by atoms with van der Waals surface area (Å²) in [6, 6.07) is 0. The van der Waals surface area contributed by atoms with Gasteiger partial charge in [-0.15, -0.1) is 0 Å². The average molecular weight is 306 g/mol. The molecule has 0 aliphatic rings. The molecule has 0 spiro atoms. The summed E-state index contributed by atoms with van der Waals surface area (Å²) in [7, 11) is 1.69. The van der Waals surface area contributed by atoms with Gasteiger partial charge in [0.15, 0.2) is 0 Å². The van der Waals surface area contributed by atoms with E-state index in [0.717, 1.165) is 31.3 Å². The maximum absolute atomic E-state index is 11.1. The van der Waals surface area contributed by atoms with Gasteiger partial charge in [-0.1, -0.05) is 70.3 Å². The summed E-state index contributed by atoms with van der Waals surface area (Å²) in [5, 5.41) is 2.65. The van der Waals surface area contributed by atoms with Crippen molar-refractivity contribution in [1.29, 1.82) is 0 Å². The topological polar surface area (TPSA) is 29.1 Å². The summed E-state index contributed by atoms with van der Waals surface area (Å²) >= 11 is 0. The lowest BCUT2D eigenvalue weighted by molar-refractivity contribution is -0.120. The minimum atomic E-state index is 0.151. The number of amides is 1. The van der Waals surface area contributed by atoms with Crippen molar-refractivity contribution in [3.05, 3.63) is 12.2 Å². The van der Waals surface area contributed by atoms with Gasteiger partial charge in [-0.05, 0) is 31.3 Å². The first-order chi connectivity index (χ1) is 10.7. The monoisotopic (exact) mass is 305 g/mol. The predicted molar refractivity (Wildman–Crippen MR) is 96.7 cm³/mol. The highest BCUT2D eigenvalue weighted by molar-refractivity contribution is 5.75. The van der Waals surface area contributed by atoms with E-state index in [9.17, 15) is 4.79 Å². The standard InChI is InChI=1S/C20H35NO/c1-4-5-6-7-8-10-13-16-19(2)17-14-11-9-12-15-18-20(22)21-3/h2,4-12,14-15,17-18H2,1,3H3,(H,21,22). The van der Waals surface area contributed by atoms with E-state index in [1.807, 2.05) is 0 Å². The van der Waals surface area contributed by atoms with Crippen LogP contribution in [0.5, 0.6) is 0 Å². The van der Waals surface area contributed by atoms with Gasteiger partial charge in [-0.2, -0.15) is 0 Å². The number of unbranched alkanes of at least 4 members (excludes halogenated alkanes) is 9. The molecule has 2 heteroatoms. The Morgan fingerprint density at radius 3 is 2.18 bits per heavy atom. The van der Waals surface area contributed by atoms with Crippen LogP contribution < -0.4 is 5.32 Å². The van der Waals surface area contributed by atoms with Crippen LogP contribution in [0.4, 0.5) is 0 Å². The van der Waals surface area contributed by atoms with Crippen molar-refractivity contribution >= 4 is 5.91 Å². The second-order valence-corrected chi connectivity index (χ2v) is 6.01. The highest BCUT2D eigenvalue weighted by Gasteiger charge is 1.97. The largest absolute Gasteiger partial charge is 0.359 e. The van der Waals surface area contributed by atoms with Gasteiger partial charge in [0.2, 0.25) is 5.91 Å². The zero-order valence-corrected chi connectivity index (χ0v) is 14.8. The second-order valence-electron chi connectivity index (χ2n) is 6.01. The van der Waals surface area contributed by atoms with Crippen LogP contribution in [-0.2, 0) is 4.79 Å². The first kappa shape index (κ1) is 20.8. The van der Waals surface area contributed by atoms with Crippen LogP contribution in [0.15, 0.2) is 12.2 Å². The highest BCUT2D eigenvalue weighted by Crippen LogP contribution is 2.10. The smallest absolute Gasteiger partial charge is 0.219 e. The van der Waals surface area contributed by atoms with E-state index >= 15 is 0 Å². The molecule has 0 aromatic heterocycles. The van der Waals surface area contributed by atoms with Gasteiger partial charge in [-0.25, -0.2) is 0 Å². The fraction of sp³-hybridized carbons (Fsp3) is 0.750. The van der Waals surface area contributed by atoms with Gasteiger partial charge >= 0.3 is 0 Å². The van der Waals surface area contributed by atoms with Crippen molar-refractivity contribution in [3.63, 3.8) is 0 Å². The summed E-state index contributed by atoms with van der Waals surface area (Å²) in [6.07, 6.45) is 15.0. The second kappa shape index (κ2) is 16.1. The molecule has 0 saturated heterocycles. The number of carbonyl (C=O) groups is 1. The van der Waals surface area contributed by atoms with Crippen LogP contribution in [-0.4, -0.2) is 13.0 Å². The van der Waals surface area contributed by atoms with E-state index in [-0.39, 0.29) is 5.91 Å². The molecule has 0 rings (SSSR count). The van der Waals surface area contributed by atoms with E-state index in [2.05, 4.69) is 30.7 Å². The van der Waals surface area contributed by atoms with E-state index in [0.29, 0.717) is 6.42 Å². The Bertz CT molecular complexity index is 348. The Morgan fingerprint density at radius 1 is 0.909 bits per heavy atom. The summed E-state index contributed by atoms with van der Waals surface area (Å²) in [6.45, 7) is 6.29. The summed E-state index contributed by atoms with van der Waals surface area (Å²) in [5.41, 5.74) is 1.08. The van der Waals surface area contributed by atoms with Gasteiger partial charge in [-0.3, -0.25) is 4.79 Å². The van der Waals surface area contributed by atoms with Gasteiger partial charge < -0.3 is 5.32 Å². The van der Waals surface area contributed by atoms with Crippen LogP contribution in [0.1, 0.15) is 90.4 Å². The molecule has 0 atom stereocenters. The Hall–Kier alpha value is -1.23. The third-order valence-corrected chi connectivity index (χ3v) is 3.83. The quantitative estimate of drug-likeness (QED) is 0.359. The minimum Gasteiger partial charge on any atom is -0.359 e. The summed E-state index contributed by atoms with van der Waals surface area (Å²) < 4.78 is 0. The number of carbonyl (C=O) groups excluding carboxylic acids is 1. The molecule has 0 bridgehead atoms. The first-order valence-corrected chi connectivity index (χ1v) is 9.08. The van der Waals surface area contributed by atoms with Crippen LogP contribution in [0.3, 0.4) is 0 Å². The third kappa shape index (κ3) is 15.2. The van der Waals surface area contributed by atoms with E-state index in [4.69, 9.17) is 0 Å². The molecule has 126 valence electrons. The molecule has 0 saturated carbocycles. The highest BCUT2D eigenvalue weighted by atomic mass is 16.1. The lowest BCUT2D eigenvalue weighted by Gasteiger charge is -2.01. The van der Waals surface area contributed by atoms with Gasteiger partial charge in [0.1, 0.15) is 0 Å². The Balaban J connectivity index is 3.37. The lowest BCUT2D eigenvalue weighted by Crippen LogP contribution is -2.16. The first-order valence-electron chi connectivity index (χ1n) is 9.08. The molecule has 1 amide bonds. The van der Waals surface area contributed by atoms with Crippen LogP contribution in [0, 0.1) is 11.8 Å². The molecular formula is C20H35NO. The van der Waals surface area contributed by atoms with Gasteiger partial charge in [0.05, 0.1) is 0 Å². The molecule has 0 aromatic rings. The lowest BCUT2D eigenvalue weighted by atomic mass is 10.1. The van der Waals surface area contributed by atoms with Crippen molar-refractivity contribution < 1.29 is 4.79 Å². The maximum atomic E-state index is 11.1. The Kier molecular flexibility index (Phi) is 15.2. The molecule has 1 N–H and O–H groups in total. The molecule has 0 aromatic carbocycles. The molecule has 0 aliphatic heterocycles. The number of rotatable bonds is 13. The SMILES string of the molecule is C=C(C#CCCCCCCC)CCCCCCCC(=O)NC. The van der Waals surface area contributed by atoms with Crippen LogP contribution in [0.2, 0.25) is 0 Å². The average Bonchev–Trinajstić information content (AvgIpc) is 2.52. The predicted octanol–water partition coefficient (Wildman–Crippen LogP) is 5.38. The Morgan fingerprint density at radius 2 is 1.50 bits per heavy atom. The van der Waals surface area contributed by atoms with Crippen LogP contribution >= 0.6 is 0 Å². The third-order valence-electron chi connectivity index (χ3n) is 3.83. The molecule has 0 unspecified atom stereocenters. The molecule has 0 fully saturated rings. The molecule has 0 heterocycles.